The zero-order valence-electron chi connectivity index (χ0n) is 16.6. The van der Waals surface area contributed by atoms with Crippen LogP contribution in [0, 0.1) is 11.8 Å². The number of methoxy groups -OCH3 is 2. The minimum absolute atomic E-state index is 0.501. The van der Waals surface area contributed by atoms with Gasteiger partial charge in [-0.1, -0.05) is 19.9 Å². The summed E-state index contributed by atoms with van der Waals surface area (Å²) < 4.78 is 10.6. The van der Waals surface area contributed by atoms with Gasteiger partial charge in [0.2, 0.25) is 0 Å². The maximum atomic E-state index is 6.05. The standard InChI is InChI=1S/C20H34N4O2/c1-15(2)13-24-9-5-6-17(14-24)12-23-20(21)22-11-16-7-8-18(25-3)19(10-16)26-4/h7-8,10,15,17H,5-6,9,11-14H2,1-4H3,(H3,21,22,23). The molecule has 1 aromatic rings. The number of nitrogens with two attached hydrogens (primary N) is 1. The molecule has 146 valence electrons. The number of rotatable bonds is 8. The molecule has 1 atom stereocenters. The van der Waals surface area contributed by atoms with Crippen molar-refractivity contribution in [3.8, 4) is 11.5 Å². The second kappa shape index (κ2) is 10.3. The molecule has 0 bridgehead atoms. The molecule has 1 heterocycles. The number of guanidine groups is 1. The molecule has 0 saturated carbocycles. The molecule has 3 N–H and O–H groups in total. The Bertz CT molecular complexity index is 589. The fraction of sp³-hybridized carbons (Fsp3) is 0.650. The fourth-order valence-corrected chi connectivity index (χ4v) is 3.46. The molecule has 0 aliphatic carbocycles. The van der Waals surface area contributed by atoms with E-state index in [2.05, 4.69) is 29.1 Å². The summed E-state index contributed by atoms with van der Waals surface area (Å²) in [5.41, 5.74) is 7.09. The van der Waals surface area contributed by atoms with Crippen molar-refractivity contribution < 1.29 is 9.47 Å². The highest BCUT2D eigenvalue weighted by atomic mass is 16.5. The highest BCUT2D eigenvalue weighted by molar-refractivity contribution is 5.77. The molecular weight excluding hydrogens is 328 g/mol. The van der Waals surface area contributed by atoms with Gasteiger partial charge in [0.1, 0.15) is 0 Å². The highest BCUT2D eigenvalue weighted by Gasteiger charge is 2.20. The van der Waals surface area contributed by atoms with Gasteiger partial charge in [0.15, 0.2) is 17.5 Å². The molecule has 1 aliphatic rings. The Hall–Kier alpha value is -1.95. The summed E-state index contributed by atoms with van der Waals surface area (Å²) in [5.74, 6) is 3.28. The van der Waals surface area contributed by atoms with Crippen LogP contribution in [0.1, 0.15) is 32.3 Å². The summed E-state index contributed by atoms with van der Waals surface area (Å²) in [4.78, 5) is 7.02. The normalized spacial score (nSPS) is 18.8. The van der Waals surface area contributed by atoms with E-state index < -0.39 is 0 Å². The number of likely N-dealkylation sites (tertiary alicyclic amines) is 1. The Labute approximate surface area is 157 Å². The molecular formula is C20H34N4O2. The Balaban J connectivity index is 1.81. The first-order valence-electron chi connectivity index (χ1n) is 9.48. The largest absolute Gasteiger partial charge is 0.493 e. The van der Waals surface area contributed by atoms with Gasteiger partial charge in [-0.05, 0) is 48.9 Å². The predicted octanol–water partition coefficient (Wildman–Crippen LogP) is 2.48. The molecule has 0 spiro atoms. The highest BCUT2D eigenvalue weighted by Crippen LogP contribution is 2.27. The number of nitrogens with one attached hydrogen (secondary N) is 1. The van der Waals surface area contributed by atoms with Crippen LogP contribution in [0.15, 0.2) is 23.2 Å². The topological polar surface area (TPSA) is 72.1 Å². The molecule has 6 heteroatoms. The third-order valence-electron chi connectivity index (χ3n) is 4.68. The summed E-state index contributed by atoms with van der Waals surface area (Å²) in [6, 6.07) is 5.79. The van der Waals surface area contributed by atoms with Gasteiger partial charge in [-0.15, -0.1) is 0 Å². The van der Waals surface area contributed by atoms with Crippen LogP contribution in [0.25, 0.3) is 0 Å². The molecule has 0 amide bonds. The van der Waals surface area contributed by atoms with E-state index in [0.717, 1.165) is 30.3 Å². The van der Waals surface area contributed by atoms with Crippen LogP contribution >= 0.6 is 0 Å². The van der Waals surface area contributed by atoms with Crippen molar-refractivity contribution in [2.24, 2.45) is 22.6 Å². The van der Waals surface area contributed by atoms with Crippen LogP contribution in [-0.4, -0.2) is 51.3 Å². The smallest absolute Gasteiger partial charge is 0.188 e. The van der Waals surface area contributed by atoms with E-state index in [9.17, 15) is 0 Å². The van der Waals surface area contributed by atoms with Crippen LogP contribution in [0.4, 0.5) is 0 Å². The van der Waals surface area contributed by atoms with E-state index in [4.69, 9.17) is 15.2 Å². The number of benzene rings is 1. The van der Waals surface area contributed by atoms with Crippen molar-refractivity contribution in [3.63, 3.8) is 0 Å². The van der Waals surface area contributed by atoms with Crippen LogP contribution in [0.3, 0.4) is 0 Å². The summed E-state index contributed by atoms with van der Waals surface area (Å²) >= 11 is 0. The Morgan fingerprint density at radius 3 is 2.77 bits per heavy atom. The molecule has 1 saturated heterocycles. The monoisotopic (exact) mass is 362 g/mol. The molecule has 26 heavy (non-hydrogen) atoms. The van der Waals surface area contributed by atoms with Crippen LogP contribution < -0.4 is 20.5 Å². The van der Waals surface area contributed by atoms with Gasteiger partial charge in [-0.3, -0.25) is 0 Å². The molecule has 0 radical (unpaired) electrons. The van der Waals surface area contributed by atoms with Gasteiger partial charge in [0, 0.05) is 19.6 Å². The number of aliphatic imine (C=N–C) groups is 1. The Morgan fingerprint density at radius 1 is 1.31 bits per heavy atom. The quantitative estimate of drug-likeness (QED) is 0.549. The number of hydrogen-bond donors (Lipinski definition) is 2. The van der Waals surface area contributed by atoms with Crippen LogP contribution in [-0.2, 0) is 6.54 Å². The van der Waals surface area contributed by atoms with Crippen molar-refractivity contribution in [1.82, 2.24) is 10.2 Å². The Kier molecular flexibility index (Phi) is 8.04. The zero-order valence-corrected chi connectivity index (χ0v) is 16.6. The summed E-state index contributed by atoms with van der Waals surface area (Å²) in [5, 5.41) is 3.29. The zero-order chi connectivity index (χ0) is 18.9. The average molecular weight is 363 g/mol. The van der Waals surface area contributed by atoms with Gasteiger partial charge >= 0.3 is 0 Å². The van der Waals surface area contributed by atoms with Crippen LogP contribution in [0.5, 0.6) is 11.5 Å². The molecule has 2 rings (SSSR count). The van der Waals surface area contributed by atoms with Gasteiger partial charge < -0.3 is 25.4 Å². The van der Waals surface area contributed by atoms with E-state index in [1.54, 1.807) is 14.2 Å². The third kappa shape index (κ3) is 6.41. The number of piperidine rings is 1. The van der Waals surface area contributed by atoms with E-state index in [1.807, 2.05) is 18.2 Å². The molecule has 6 nitrogen and oxygen atoms in total. The summed E-state index contributed by atoms with van der Waals surface area (Å²) in [6.07, 6.45) is 2.52. The van der Waals surface area contributed by atoms with Crippen molar-refractivity contribution >= 4 is 5.96 Å². The molecule has 1 fully saturated rings. The van der Waals surface area contributed by atoms with Gasteiger partial charge in [0.05, 0.1) is 20.8 Å². The van der Waals surface area contributed by atoms with Crippen molar-refractivity contribution in [2.75, 3.05) is 40.4 Å². The average Bonchev–Trinajstić information content (AvgIpc) is 2.64. The lowest BCUT2D eigenvalue weighted by molar-refractivity contribution is 0.159. The first kappa shape index (κ1) is 20.4. The minimum atomic E-state index is 0.501. The van der Waals surface area contributed by atoms with E-state index in [1.165, 1.54) is 25.9 Å². The first-order valence-corrected chi connectivity index (χ1v) is 9.48. The van der Waals surface area contributed by atoms with E-state index in [-0.39, 0.29) is 0 Å². The maximum absolute atomic E-state index is 6.05. The number of ether oxygens (including phenoxy) is 2. The van der Waals surface area contributed by atoms with Gasteiger partial charge in [-0.2, -0.15) is 0 Å². The van der Waals surface area contributed by atoms with Crippen molar-refractivity contribution in [3.05, 3.63) is 23.8 Å². The second-order valence-electron chi connectivity index (χ2n) is 7.43. The minimum Gasteiger partial charge on any atom is -0.493 e. The summed E-state index contributed by atoms with van der Waals surface area (Å²) in [7, 11) is 3.26. The molecule has 1 aliphatic heterocycles. The molecule has 0 aromatic heterocycles. The maximum Gasteiger partial charge on any atom is 0.188 e. The van der Waals surface area contributed by atoms with Crippen molar-refractivity contribution in [2.45, 2.75) is 33.2 Å². The lowest BCUT2D eigenvalue weighted by Gasteiger charge is -2.33. The lowest BCUT2D eigenvalue weighted by atomic mass is 9.97. The second-order valence-corrected chi connectivity index (χ2v) is 7.43. The van der Waals surface area contributed by atoms with E-state index in [0.29, 0.717) is 24.2 Å². The van der Waals surface area contributed by atoms with Crippen LogP contribution in [0.2, 0.25) is 0 Å². The van der Waals surface area contributed by atoms with Gasteiger partial charge in [-0.25, -0.2) is 4.99 Å². The Morgan fingerprint density at radius 2 is 2.08 bits per heavy atom. The third-order valence-corrected chi connectivity index (χ3v) is 4.68. The first-order chi connectivity index (χ1) is 12.5. The lowest BCUT2D eigenvalue weighted by Crippen LogP contribution is -2.43. The number of nitrogens with zero attached hydrogens (tertiary/aromatic N) is 2. The SMILES string of the molecule is COc1ccc(CN=C(N)NCC2CCCN(CC(C)C)C2)cc1OC. The predicted molar refractivity (Wildman–Crippen MR) is 107 cm³/mol. The summed E-state index contributed by atoms with van der Waals surface area (Å²) in [6.45, 7) is 9.51. The fourth-order valence-electron chi connectivity index (χ4n) is 3.46. The number of hydrogen-bond acceptors (Lipinski definition) is 4. The van der Waals surface area contributed by atoms with E-state index >= 15 is 0 Å². The molecule has 1 unspecified atom stereocenters. The van der Waals surface area contributed by atoms with Gasteiger partial charge in [0.25, 0.3) is 0 Å². The molecule has 1 aromatic carbocycles. The van der Waals surface area contributed by atoms with Crippen molar-refractivity contribution in [1.29, 1.82) is 0 Å².